The van der Waals surface area contributed by atoms with Crippen LogP contribution in [0, 0.1) is 11.3 Å². The summed E-state index contributed by atoms with van der Waals surface area (Å²) in [5, 5.41) is 24.7. The summed E-state index contributed by atoms with van der Waals surface area (Å²) >= 11 is 0. The highest BCUT2D eigenvalue weighted by Crippen LogP contribution is 2.69. The van der Waals surface area contributed by atoms with Gasteiger partial charge in [-0.15, -0.1) is 0 Å². The number of aryl methyl sites for hydroxylation is 1. The van der Waals surface area contributed by atoms with Crippen molar-refractivity contribution < 1.29 is 86.5 Å². The van der Waals surface area contributed by atoms with E-state index in [1.807, 2.05) is 0 Å². The monoisotopic (exact) mass is 777 g/mol. The molecule has 0 radical (unpaired) electrons. The number of carbonyl (C=O) groups is 8. The van der Waals surface area contributed by atoms with E-state index in [0.29, 0.717) is 0 Å². The van der Waals surface area contributed by atoms with Crippen molar-refractivity contribution in [3.63, 3.8) is 0 Å². The van der Waals surface area contributed by atoms with Crippen molar-refractivity contribution >= 4 is 47.6 Å². The van der Waals surface area contributed by atoms with Crippen LogP contribution in [0.25, 0.3) is 0 Å². The van der Waals surface area contributed by atoms with E-state index in [9.17, 15) is 43.8 Å². The van der Waals surface area contributed by atoms with Gasteiger partial charge < -0.3 is 48.1 Å². The molecule has 19 nitrogen and oxygen atoms in total. The quantitative estimate of drug-likeness (QED) is 0.275. The zero-order valence-corrected chi connectivity index (χ0v) is 31.4. The van der Waals surface area contributed by atoms with Crippen LogP contribution in [0.2, 0.25) is 0 Å². The van der Waals surface area contributed by atoms with Gasteiger partial charge in [-0.3, -0.25) is 33.8 Å². The number of hydrogen-bond acceptors (Lipinski definition) is 19. The summed E-state index contributed by atoms with van der Waals surface area (Å²) in [5.41, 5.74) is -12.9. The Morgan fingerprint density at radius 2 is 1.45 bits per heavy atom. The van der Waals surface area contributed by atoms with Crippen molar-refractivity contribution in [2.45, 2.75) is 121 Å². The van der Waals surface area contributed by atoms with Crippen LogP contribution in [0.5, 0.6) is 0 Å². The lowest BCUT2D eigenvalue weighted by atomic mass is 9.45. The molecule has 1 aromatic rings. The first kappa shape index (κ1) is 41.2. The normalized spacial score (nSPS) is 38.2. The second kappa shape index (κ2) is 14.2. The molecule has 2 aliphatic carbocycles. The number of Topliss-reactive ketones (excluding diaryl/α,β-unsaturated/α-hetero) is 1. The first-order valence-electron chi connectivity index (χ1n) is 17.3. The van der Waals surface area contributed by atoms with Gasteiger partial charge in [0.2, 0.25) is 0 Å². The Labute approximate surface area is 314 Å². The predicted molar refractivity (Wildman–Crippen MR) is 176 cm³/mol. The number of aliphatic hydroxyl groups is 2. The summed E-state index contributed by atoms with van der Waals surface area (Å²) in [4.78, 5) is 111. The third-order valence-corrected chi connectivity index (χ3v) is 10.8. The second-order valence-corrected chi connectivity index (χ2v) is 14.8. The number of nitrogens with zero attached hydrogens (tertiary/aromatic N) is 1. The summed E-state index contributed by atoms with van der Waals surface area (Å²) in [6.45, 7) is 6.06. The molecule has 4 bridgehead atoms. The van der Waals surface area contributed by atoms with Gasteiger partial charge in [-0.25, -0.2) is 9.59 Å². The number of esters is 7. The van der Waals surface area contributed by atoms with E-state index in [2.05, 4.69) is 4.98 Å². The van der Waals surface area contributed by atoms with Crippen molar-refractivity contribution in [1.29, 1.82) is 0 Å². The Bertz CT molecular complexity index is 1820. The number of ketones is 1. The van der Waals surface area contributed by atoms with Gasteiger partial charge in [0, 0.05) is 47.0 Å². The maximum absolute atomic E-state index is 15.1. The van der Waals surface area contributed by atoms with Crippen LogP contribution in [0.4, 0.5) is 0 Å². The van der Waals surface area contributed by atoms with E-state index in [1.165, 1.54) is 25.4 Å². The molecule has 55 heavy (non-hydrogen) atoms. The average Bonchev–Trinajstić information content (AvgIpc) is 3.30. The molecule has 0 aromatic carbocycles. The van der Waals surface area contributed by atoms with Gasteiger partial charge in [-0.05, 0) is 45.2 Å². The number of pyridine rings is 1. The maximum Gasteiger partial charge on any atom is 0.340 e. The number of rotatable bonds is 6. The van der Waals surface area contributed by atoms with Gasteiger partial charge in [0.25, 0.3) is 0 Å². The molecule has 3 fully saturated rings. The highest BCUT2D eigenvalue weighted by molar-refractivity contribution is 5.94. The molecule has 1 spiro atoms. The lowest BCUT2D eigenvalue weighted by Gasteiger charge is -2.66. The van der Waals surface area contributed by atoms with Gasteiger partial charge in [0.1, 0.15) is 35.9 Å². The highest BCUT2D eigenvalue weighted by Gasteiger charge is 2.91. The van der Waals surface area contributed by atoms with E-state index in [-0.39, 0.29) is 17.5 Å². The first-order valence-corrected chi connectivity index (χ1v) is 17.3. The topological polar surface area (TPSA) is 264 Å². The smallest absolute Gasteiger partial charge is 0.340 e. The lowest BCUT2D eigenvalue weighted by Crippen LogP contribution is -2.88. The lowest BCUT2D eigenvalue weighted by molar-refractivity contribution is -0.377. The minimum atomic E-state index is -2.93. The molecule has 1 aromatic heterocycles. The number of aromatic nitrogens is 1. The first-order chi connectivity index (χ1) is 25.5. The summed E-state index contributed by atoms with van der Waals surface area (Å²) in [6.07, 6.45) is -8.84. The van der Waals surface area contributed by atoms with Gasteiger partial charge >= 0.3 is 41.8 Å². The van der Waals surface area contributed by atoms with E-state index in [4.69, 9.17) is 37.9 Å². The van der Waals surface area contributed by atoms with E-state index < -0.39 is 131 Å². The molecule has 5 rings (SSSR count). The summed E-state index contributed by atoms with van der Waals surface area (Å²) in [7, 11) is 0. The van der Waals surface area contributed by atoms with Crippen molar-refractivity contribution in [2.24, 2.45) is 11.3 Å². The Hall–Kier alpha value is -5.01. The summed E-state index contributed by atoms with van der Waals surface area (Å²) in [6, 6.07) is 1.45. The molecule has 19 heteroatoms. The van der Waals surface area contributed by atoms with Crippen molar-refractivity contribution in [3.8, 4) is 0 Å². The fourth-order valence-corrected chi connectivity index (χ4v) is 8.62. The number of hydrogen-bond donors (Lipinski definition) is 2. The summed E-state index contributed by atoms with van der Waals surface area (Å²) in [5.74, 6) is -10.7. The Balaban J connectivity index is 1.96. The molecule has 2 aliphatic heterocycles. The molecule has 4 aliphatic rings. The third kappa shape index (κ3) is 6.60. The van der Waals surface area contributed by atoms with Crippen LogP contribution in [0.1, 0.15) is 77.7 Å². The Morgan fingerprint density at radius 1 is 0.855 bits per heavy atom. The van der Waals surface area contributed by atoms with Crippen LogP contribution < -0.4 is 0 Å². The van der Waals surface area contributed by atoms with Crippen LogP contribution in [-0.2, 0) is 77.9 Å². The van der Waals surface area contributed by atoms with Gasteiger partial charge in [0.05, 0.1) is 11.5 Å². The fourth-order valence-electron chi connectivity index (χ4n) is 8.62. The van der Waals surface area contributed by atoms with Gasteiger partial charge in [0.15, 0.2) is 41.4 Å². The van der Waals surface area contributed by atoms with E-state index in [1.54, 1.807) is 0 Å². The van der Waals surface area contributed by atoms with Crippen LogP contribution >= 0.6 is 0 Å². The zero-order chi connectivity index (χ0) is 41.1. The SMILES string of the molecule is CC(=O)OC[C@]12[C@H](OC(C)=O)C(=O)[C@@H]3[C@@H](OC(C)=O)[C@@]14OC3(C)COC(=O)c1cnccc1CCC(C)(O)C(=O)O[C@@H]([C@H](OC(C)=O)[C@@H]2OC(C)=O)[C@]4(C)O. The highest BCUT2D eigenvalue weighted by atomic mass is 16.7. The number of ether oxygens (including phenoxy) is 8. The van der Waals surface area contributed by atoms with Gasteiger partial charge in [-0.1, -0.05) is 0 Å². The molecule has 3 heterocycles. The molecule has 11 atom stereocenters. The third-order valence-electron chi connectivity index (χ3n) is 10.8. The zero-order valence-electron chi connectivity index (χ0n) is 31.4. The molecule has 2 unspecified atom stereocenters. The second-order valence-electron chi connectivity index (χ2n) is 14.8. The molecule has 0 amide bonds. The minimum Gasteiger partial charge on any atom is -0.465 e. The molecule has 300 valence electrons. The Kier molecular flexibility index (Phi) is 10.7. The van der Waals surface area contributed by atoms with Crippen LogP contribution in [0.3, 0.4) is 0 Å². The molecule has 2 N–H and O–H groups in total. The molecular formula is C36H43NO18. The predicted octanol–water partition coefficient (Wildman–Crippen LogP) is -0.385. The van der Waals surface area contributed by atoms with E-state index >= 15 is 4.79 Å². The van der Waals surface area contributed by atoms with Gasteiger partial charge in [-0.2, -0.15) is 0 Å². The number of cyclic esters (lactones) is 1. The maximum atomic E-state index is 15.1. The average molecular weight is 778 g/mol. The van der Waals surface area contributed by atoms with Crippen LogP contribution in [-0.4, -0.2) is 129 Å². The van der Waals surface area contributed by atoms with E-state index in [0.717, 1.165) is 48.5 Å². The fraction of sp³-hybridized carbons (Fsp3) is 0.639. The molecular weight excluding hydrogens is 734 g/mol. The molecule has 1 saturated heterocycles. The Morgan fingerprint density at radius 3 is 2.04 bits per heavy atom. The van der Waals surface area contributed by atoms with Crippen molar-refractivity contribution in [2.75, 3.05) is 13.2 Å². The summed E-state index contributed by atoms with van der Waals surface area (Å²) < 4.78 is 46.8. The number of fused-ring (bicyclic) bond motifs is 5. The number of carbonyl (C=O) groups excluding carboxylic acids is 8. The van der Waals surface area contributed by atoms with Crippen molar-refractivity contribution in [1.82, 2.24) is 4.98 Å². The largest absolute Gasteiger partial charge is 0.465 e. The van der Waals surface area contributed by atoms with Crippen LogP contribution in [0.15, 0.2) is 18.5 Å². The minimum absolute atomic E-state index is 0.0929. The standard InChI is InChI=1S/C36H43NO18/c1-16(38)48-15-35-27(52-19(4)41)24(43)23-26(51-18(3)40)36(35)34(8,47)28(25(50-17(2)39)29(35)53-20(5)42)54-31(45)32(6,46)11-9-21-10-12-37-13-22(21)30(44)49-14-33(23,7)55-36/h10,12-13,23,25-29,46-47H,9,11,14-15H2,1-8H3/t23-,25+,26-,27-,28+,29+,32?,33?,34+,35-,36+/m1/s1. The molecule has 2 saturated carbocycles. The van der Waals surface area contributed by atoms with Crippen molar-refractivity contribution in [3.05, 3.63) is 29.6 Å².